The van der Waals surface area contributed by atoms with Crippen molar-refractivity contribution < 1.29 is 14.1 Å². The van der Waals surface area contributed by atoms with Crippen molar-refractivity contribution in [3.8, 4) is 0 Å². The standard InChI is InChI=1S/C13H21N3O3/c1-3-10(2)14-13(17)12-8-11(19-15-12)9-16-4-6-18-7-5-16/h8,10H,3-7,9H2,1-2H3,(H,14,17). The maximum absolute atomic E-state index is 11.9. The van der Waals surface area contributed by atoms with Gasteiger partial charge in [0, 0.05) is 25.2 Å². The molecule has 1 N–H and O–H groups in total. The minimum Gasteiger partial charge on any atom is -0.379 e. The molecule has 0 radical (unpaired) electrons. The molecule has 19 heavy (non-hydrogen) atoms. The van der Waals surface area contributed by atoms with Gasteiger partial charge in [0.25, 0.3) is 5.91 Å². The van der Waals surface area contributed by atoms with E-state index in [9.17, 15) is 4.79 Å². The van der Waals surface area contributed by atoms with Crippen LogP contribution in [-0.4, -0.2) is 48.3 Å². The fourth-order valence-electron chi connectivity index (χ4n) is 1.87. The summed E-state index contributed by atoms with van der Waals surface area (Å²) in [6.07, 6.45) is 0.893. The summed E-state index contributed by atoms with van der Waals surface area (Å²) < 4.78 is 10.5. The van der Waals surface area contributed by atoms with E-state index in [4.69, 9.17) is 9.26 Å². The second-order valence-corrected chi connectivity index (χ2v) is 4.85. The lowest BCUT2D eigenvalue weighted by Gasteiger charge is -2.25. The molecule has 1 atom stereocenters. The topological polar surface area (TPSA) is 67.6 Å². The quantitative estimate of drug-likeness (QED) is 0.863. The minimum absolute atomic E-state index is 0.145. The smallest absolute Gasteiger partial charge is 0.273 e. The summed E-state index contributed by atoms with van der Waals surface area (Å²) in [6.45, 7) is 7.92. The SMILES string of the molecule is CCC(C)NC(=O)c1cc(CN2CCOCC2)on1. The maximum atomic E-state index is 11.9. The van der Waals surface area contributed by atoms with Crippen molar-refractivity contribution in [2.45, 2.75) is 32.9 Å². The van der Waals surface area contributed by atoms with Crippen LogP contribution in [0.5, 0.6) is 0 Å². The number of nitrogens with one attached hydrogen (secondary N) is 1. The number of ether oxygens (including phenoxy) is 1. The van der Waals surface area contributed by atoms with Gasteiger partial charge >= 0.3 is 0 Å². The van der Waals surface area contributed by atoms with Crippen molar-refractivity contribution in [3.63, 3.8) is 0 Å². The molecule has 1 aliphatic rings. The van der Waals surface area contributed by atoms with Gasteiger partial charge in [0.1, 0.15) is 0 Å². The van der Waals surface area contributed by atoms with Gasteiger partial charge in [0.2, 0.25) is 0 Å². The van der Waals surface area contributed by atoms with Crippen molar-refractivity contribution in [3.05, 3.63) is 17.5 Å². The Bertz CT molecular complexity index is 413. The Hall–Kier alpha value is -1.40. The summed E-state index contributed by atoms with van der Waals surface area (Å²) in [7, 11) is 0. The highest BCUT2D eigenvalue weighted by Crippen LogP contribution is 2.09. The van der Waals surface area contributed by atoms with E-state index in [1.54, 1.807) is 6.07 Å². The van der Waals surface area contributed by atoms with Gasteiger partial charge in [-0.25, -0.2) is 0 Å². The Morgan fingerprint density at radius 2 is 2.26 bits per heavy atom. The van der Waals surface area contributed by atoms with Crippen LogP contribution in [0.1, 0.15) is 36.5 Å². The van der Waals surface area contributed by atoms with Crippen LogP contribution in [0.4, 0.5) is 0 Å². The van der Waals surface area contributed by atoms with Crippen LogP contribution in [0.2, 0.25) is 0 Å². The molecule has 1 aliphatic heterocycles. The lowest BCUT2D eigenvalue weighted by Crippen LogP contribution is -2.35. The molecular formula is C13H21N3O3. The van der Waals surface area contributed by atoms with Gasteiger partial charge in [-0.3, -0.25) is 9.69 Å². The van der Waals surface area contributed by atoms with E-state index in [1.807, 2.05) is 13.8 Å². The van der Waals surface area contributed by atoms with Crippen molar-refractivity contribution in [2.24, 2.45) is 0 Å². The van der Waals surface area contributed by atoms with E-state index in [0.29, 0.717) is 12.2 Å². The molecular weight excluding hydrogens is 246 g/mol. The minimum atomic E-state index is -0.175. The molecule has 1 fully saturated rings. The van der Waals surface area contributed by atoms with E-state index in [1.165, 1.54) is 0 Å². The van der Waals surface area contributed by atoms with E-state index in [0.717, 1.165) is 38.5 Å². The molecule has 0 saturated carbocycles. The molecule has 2 rings (SSSR count). The molecule has 0 aliphatic carbocycles. The average Bonchev–Trinajstić information content (AvgIpc) is 2.88. The Morgan fingerprint density at radius 3 is 2.95 bits per heavy atom. The Balaban J connectivity index is 1.89. The van der Waals surface area contributed by atoms with Gasteiger partial charge in [0.05, 0.1) is 19.8 Å². The predicted molar refractivity (Wildman–Crippen MR) is 69.8 cm³/mol. The zero-order valence-corrected chi connectivity index (χ0v) is 11.5. The Kier molecular flexibility index (Phi) is 4.93. The van der Waals surface area contributed by atoms with Gasteiger partial charge in [-0.15, -0.1) is 0 Å². The number of morpholine rings is 1. The molecule has 0 bridgehead atoms. The molecule has 2 heterocycles. The number of hydrogen-bond donors (Lipinski definition) is 1. The van der Waals surface area contributed by atoms with Crippen LogP contribution >= 0.6 is 0 Å². The van der Waals surface area contributed by atoms with Crippen LogP contribution in [0.3, 0.4) is 0 Å². The van der Waals surface area contributed by atoms with Crippen molar-refractivity contribution in [1.29, 1.82) is 0 Å². The van der Waals surface area contributed by atoms with Crippen LogP contribution < -0.4 is 5.32 Å². The molecule has 1 aromatic rings. The molecule has 106 valence electrons. The van der Waals surface area contributed by atoms with E-state index >= 15 is 0 Å². The van der Waals surface area contributed by atoms with Crippen LogP contribution in [0, 0.1) is 0 Å². The van der Waals surface area contributed by atoms with E-state index in [2.05, 4.69) is 15.4 Å². The summed E-state index contributed by atoms with van der Waals surface area (Å²) in [4.78, 5) is 14.1. The largest absolute Gasteiger partial charge is 0.379 e. The van der Waals surface area contributed by atoms with Gasteiger partial charge in [0.15, 0.2) is 11.5 Å². The third kappa shape index (κ3) is 4.04. The number of amides is 1. The third-order valence-electron chi connectivity index (χ3n) is 3.26. The summed E-state index contributed by atoms with van der Waals surface area (Å²) in [5.74, 6) is 0.544. The highest BCUT2D eigenvalue weighted by molar-refractivity contribution is 5.92. The molecule has 0 spiro atoms. The average molecular weight is 267 g/mol. The van der Waals surface area contributed by atoms with E-state index < -0.39 is 0 Å². The number of aromatic nitrogens is 1. The van der Waals surface area contributed by atoms with Gasteiger partial charge in [-0.2, -0.15) is 0 Å². The maximum Gasteiger partial charge on any atom is 0.273 e. The Labute approximate surface area is 113 Å². The first-order valence-electron chi connectivity index (χ1n) is 6.75. The second kappa shape index (κ2) is 6.68. The van der Waals surface area contributed by atoms with Gasteiger partial charge < -0.3 is 14.6 Å². The van der Waals surface area contributed by atoms with Crippen LogP contribution in [-0.2, 0) is 11.3 Å². The zero-order valence-electron chi connectivity index (χ0n) is 11.5. The molecule has 1 amide bonds. The highest BCUT2D eigenvalue weighted by atomic mass is 16.5. The number of hydrogen-bond acceptors (Lipinski definition) is 5. The molecule has 6 nitrogen and oxygen atoms in total. The predicted octanol–water partition coefficient (Wildman–Crippen LogP) is 1.04. The van der Waals surface area contributed by atoms with Gasteiger partial charge in [-0.1, -0.05) is 12.1 Å². The molecule has 1 aromatic heterocycles. The normalized spacial score (nSPS) is 18.2. The lowest BCUT2D eigenvalue weighted by molar-refractivity contribution is 0.0305. The molecule has 0 aromatic carbocycles. The molecule has 1 unspecified atom stereocenters. The van der Waals surface area contributed by atoms with Gasteiger partial charge in [-0.05, 0) is 13.3 Å². The summed E-state index contributed by atoms with van der Waals surface area (Å²) >= 11 is 0. The lowest BCUT2D eigenvalue weighted by atomic mass is 10.2. The van der Waals surface area contributed by atoms with E-state index in [-0.39, 0.29) is 11.9 Å². The fraction of sp³-hybridized carbons (Fsp3) is 0.692. The summed E-state index contributed by atoms with van der Waals surface area (Å²) in [5.41, 5.74) is 0.351. The fourth-order valence-corrected chi connectivity index (χ4v) is 1.87. The monoisotopic (exact) mass is 267 g/mol. The number of carbonyl (C=O) groups excluding carboxylic acids is 1. The molecule has 6 heteroatoms. The number of carbonyl (C=O) groups is 1. The number of nitrogens with zero attached hydrogens (tertiary/aromatic N) is 2. The Morgan fingerprint density at radius 1 is 1.53 bits per heavy atom. The molecule has 1 saturated heterocycles. The third-order valence-corrected chi connectivity index (χ3v) is 3.26. The van der Waals surface area contributed by atoms with Crippen LogP contribution in [0.15, 0.2) is 10.6 Å². The zero-order chi connectivity index (χ0) is 13.7. The first-order chi connectivity index (χ1) is 9.19. The van der Waals surface area contributed by atoms with Crippen molar-refractivity contribution >= 4 is 5.91 Å². The van der Waals surface area contributed by atoms with Crippen molar-refractivity contribution in [1.82, 2.24) is 15.4 Å². The number of rotatable bonds is 5. The first-order valence-corrected chi connectivity index (χ1v) is 6.75. The van der Waals surface area contributed by atoms with Crippen LogP contribution in [0.25, 0.3) is 0 Å². The second-order valence-electron chi connectivity index (χ2n) is 4.85. The van der Waals surface area contributed by atoms with Crippen molar-refractivity contribution in [2.75, 3.05) is 26.3 Å². The summed E-state index contributed by atoms with van der Waals surface area (Å²) in [5, 5.41) is 6.69. The summed E-state index contributed by atoms with van der Waals surface area (Å²) in [6, 6.07) is 1.86. The first kappa shape index (κ1) is 14.0. The highest BCUT2D eigenvalue weighted by Gasteiger charge is 2.17.